The Labute approximate surface area is 217 Å². The highest BCUT2D eigenvalue weighted by molar-refractivity contribution is 7.00. The molecular weight excluding hydrogens is 496 g/mol. The van der Waals surface area contributed by atoms with Crippen LogP contribution < -0.4 is 18.9 Å². The number of carboxylic acid groups (broad SMARTS) is 1. The van der Waals surface area contributed by atoms with E-state index in [-0.39, 0.29) is 34.6 Å². The maximum absolute atomic E-state index is 14.1. The van der Waals surface area contributed by atoms with Gasteiger partial charge in [-0.2, -0.15) is 8.75 Å². The minimum atomic E-state index is -1.26. The molecule has 4 rings (SSSR count). The number of carbonyl (C=O) groups is 2. The van der Waals surface area contributed by atoms with Crippen LogP contribution in [0.25, 0.3) is 16.6 Å². The van der Waals surface area contributed by atoms with Gasteiger partial charge < -0.3 is 24.1 Å². The van der Waals surface area contributed by atoms with Gasteiger partial charge in [0.25, 0.3) is 0 Å². The fourth-order valence-corrected chi connectivity index (χ4v) is 4.59. The Morgan fingerprint density at radius 1 is 0.784 bits per heavy atom. The molecule has 10 heteroatoms. The third-order valence-electron chi connectivity index (χ3n) is 5.82. The summed E-state index contributed by atoms with van der Waals surface area (Å²) in [6.45, 7) is 0. The van der Waals surface area contributed by atoms with Gasteiger partial charge in [-0.05, 0) is 41.5 Å². The third-order valence-corrected chi connectivity index (χ3v) is 6.38. The van der Waals surface area contributed by atoms with Gasteiger partial charge in [0.1, 0.15) is 16.8 Å². The number of nitrogens with zero attached hydrogens (tertiary/aromatic N) is 2. The molecule has 9 nitrogen and oxygen atoms in total. The van der Waals surface area contributed by atoms with Crippen LogP contribution >= 0.6 is 11.7 Å². The van der Waals surface area contributed by atoms with E-state index >= 15 is 0 Å². The number of ether oxygens (including phenoxy) is 4. The highest BCUT2D eigenvalue weighted by atomic mass is 32.1. The van der Waals surface area contributed by atoms with E-state index < -0.39 is 11.8 Å². The Kier molecular flexibility index (Phi) is 7.69. The molecule has 0 fully saturated rings. The van der Waals surface area contributed by atoms with Crippen LogP contribution in [-0.2, 0) is 11.2 Å². The quantitative estimate of drug-likeness (QED) is 0.235. The zero-order chi connectivity index (χ0) is 26.5. The van der Waals surface area contributed by atoms with Gasteiger partial charge >= 0.3 is 5.97 Å². The molecule has 0 bridgehead atoms. The van der Waals surface area contributed by atoms with Gasteiger partial charge in [0, 0.05) is 17.6 Å². The van der Waals surface area contributed by atoms with E-state index in [0.29, 0.717) is 33.7 Å². The molecule has 1 N–H and O–H groups in total. The summed E-state index contributed by atoms with van der Waals surface area (Å²) < 4.78 is 30.1. The van der Waals surface area contributed by atoms with Crippen molar-refractivity contribution in [3.8, 4) is 23.0 Å². The van der Waals surface area contributed by atoms with Crippen molar-refractivity contribution < 1.29 is 33.6 Å². The van der Waals surface area contributed by atoms with Crippen molar-refractivity contribution >= 4 is 40.1 Å². The van der Waals surface area contributed by atoms with Gasteiger partial charge in [0.15, 0.2) is 17.3 Å². The van der Waals surface area contributed by atoms with Gasteiger partial charge in [-0.1, -0.05) is 24.3 Å². The molecule has 1 aromatic heterocycles. The van der Waals surface area contributed by atoms with Crippen molar-refractivity contribution in [3.63, 3.8) is 0 Å². The minimum absolute atomic E-state index is 0.00546. The fourth-order valence-electron chi connectivity index (χ4n) is 4.07. The number of rotatable bonds is 10. The van der Waals surface area contributed by atoms with Gasteiger partial charge in [-0.15, -0.1) is 0 Å². The van der Waals surface area contributed by atoms with Crippen LogP contribution in [0, 0.1) is 0 Å². The molecule has 190 valence electrons. The summed E-state index contributed by atoms with van der Waals surface area (Å²) in [6.07, 6.45) is -0.00546. The van der Waals surface area contributed by atoms with E-state index in [1.54, 1.807) is 42.5 Å². The van der Waals surface area contributed by atoms with Gasteiger partial charge in [-0.3, -0.25) is 4.79 Å². The fraction of sp³-hybridized carbons (Fsp3) is 0.185. The zero-order valence-corrected chi connectivity index (χ0v) is 21.4. The highest BCUT2D eigenvalue weighted by Gasteiger charge is 2.27. The lowest BCUT2D eigenvalue weighted by Gasteiger charge is -2.17. The molecule has 0 aliphatic rings. The number of carboxylic acids is 1. The summed E-state index contributed by atoms with van der Waals surface area (Å²) in [4.78, 5) is 26.8. The molecule has 0 spiro atoms. The van der Waals surface area contributed by atoms with E-state index in [1.165, 1.54) is 40.6 Å². The highest BCUT2D eigenvalue weighted by Crippen LogP contribution is 2.39. The van der Waals surface area contributed by atoms with Crippen LogP contribution in [0.3, 0.4) is 0 Å². The molecule has 0 saturated heterocycles. The van der Waals surface area contributed by atoms with Crippen LogP contribution in [0.4, 0.5) is 0 Å². The Balaban J connectivity index is 1.97. The second-order valence-electron chi connectivity index (χ2n) is 7.86. The molecule has 0 unspecified atom stereocenters. The lowest BCUT2D eigenvalue weighted by molar-refractivity contribution is -0.130. The van der Waals surface area contributed by atoms with Crippen LogP contribution in [0.1, 0.15) is 21.5 Å². The van der Waals surface area contributed by atoms with Crippen LogP contribution in [0.5, 0.6) is 23.0 Å². The molecular formula is C27H24N2O7S. The maximum Gasteiger partial charge on any atom is 0.336 e. The van der Waals surface area contributed by atoms with Gasteiger partial charge in [0.2, 0.25) is 5.75 Å². The lowest BCUT2D eigenvalue weighted by atomic mass is 9.89. The van der Waals surface area contributed by atoms with Crippen LogP contribution in [-0.4, -0.2) is 54.0 Å². The van der Waals surface area contributed by atoms with Crippen molar-refractivity contribution in [2.45, 2.75) is 6.42 Å². The van der Waals surface area contributed by atoms with Crippen molar-refractivity contribution in [2.75, 3.05) is 28.4 Å². The minimum Gasteiger partial charge on any atom is -0.496 e. The number of carbonyl (C=O) groups excluding carboxylic acids is 1. The Morgan fingerprint density at radius 3 is 2.05 bits per heavy atom. The average Bonchev–Trinajstić information content (AvgIpc) is 3.39. The predicted molar refractivity (Wildman–Crippen MR) is 139 cm³/mol. The smallest absolute Gasteiger partial charge is 0.336 e. The normalized spacial score (nSPS) is 11.6. The maximum atomic E-state index is 14.1. The number of fused-ring (bicyclic) bond motifs is 1. The number of ketones is 1. The third kappa shape index (κ3) is 5.10. The SMILES string of the molecule is COc1ccccc1CC(C(=O)c1cc(OC)c(OC)c(OC)c1)=C(C(=O)O)c1ccc2nsnc2c1. The number of benzene rings is 3. The first-order valence-electron chi connectivity index (χ1n) is 11.1. The summed E-state index contributed by atoms with van der Waals surface area (Å²) in [5.41, 5.74) is 2.23. The summed E-state index contributed by atoms with van der Waals surface area (Å²) in [5, 5.41) is 10.4. The second-order valence-corrected chi connectivity index (χ2v) is 8.39. The van der Waals surface area contributed by atoms with E-state index in [4.69, 9.17) is 18.9 Å². The molecule has 0 radical (unpaired) electrons. The number of aromatic nitrogens is 2. The largest absolute Gasteiger partial charge is 0.496 e. The number of allylic oxidation sites excluding steroid dienone is 1. The van der Waals surface area contributed by atoms with E-state index in [2.05, 4.69) is 8.75 Å². The van der Waals surface area contributed by atoms with Crippen LogP contribution in [0.15, 0.2) is 60.2 Å². The standard InChI is InChI=1S/C27H24N2O7S/c1-33-21-8-6-5-7-15(21)11-18(24(27(31)32)16-9-10-19-20(12-16)29-37-28-19)25(30)17-13-22(34-2)26(36-4)23(14-17)35-3/h5-10,12-14H,11H2,1-4H3,(H,31,32). The molecule has 0 aliphatic heterocycles. The van der Waals surface area contributed by atoms with Crippen molar-refractivity contribution in [3.05, 3.63) is 76.9 Å². The number of hydrogen-bond donors (Lipinski definition) is 1. The first kappa shape index (κ1) is 25.6. The van der Waals surface area contributed by atoms with Crippen molar-refractivity contribution in [1.29, 1.82) is 0 Å². The van der Waals surface area contributed by atoms with Gasteiger partial charge in [-0.25, -0.2) is 4.79 Å². The lowest BCUT2D eigenvalue weighted by Crippen LogP contribution is -2.15. The molecule has 0 saturated carbocycles. The molecule has 0 amide bonds. The molecule has 0 atom stereocenters. The Hall–Kier alpha value is -4.44. The average molecular weight is 521 g/mol. The first-order chi connectivity index (χ1) is 17.9. The molecule has 1 heterocycles. The summed E-state index contributed by atoms with van der Waals surface area (Å²) >= 11 is 1.03. The predicted octanol–water partition coefficient (Wildman–Crippen LogP) is 4.69. The number of aliphatic carboxylic acids is 1. The Bertz CT molecular complexity index is 1480. The summed E-state index contributed by atoms with van der Waals surface area (Å²) in [7, 11) is 5.86. The zero-order valence-electron chi connectivity index (χ0n) is 20.6. The molecule has 3 aromatic carbocycles. The molecule has 37 heavy (non-hydrogen) atoms. The summed E-state index contributed by atoms with van der Waals surface area (Å²) in [5.74, 6) is -0.381. The second kappa shape index (κ2) is 11.1. The Morgan fingerprint density at radius 2 is 1.43 bits per heavy atom. The van der Waals surface area contributed by atoms with Gasteiger partial charge in [0.05, 0.1) is 45.7 Å². The van der Waals surface area contributed by atoms with E-state index in [1.807, 2.05) is 0 Å². The van der Waals surface area contributed by atoms with Crippen molar-refractivity contribution in [1.82, 2.24) is 8.75 Å². The molecule has 0 aliphatic carbocycles. The first-order valence-corrected chi connectivity index (χ1v) is 11.8. The van der Waals surface area contributed by atoms with E-state index in [9.17, 15) is 14.7 Å². The van der Waals surface area contributed by atoms with Crippen molar-refractivity contribution in [2.24, 2.45) is 0 Å². The topological polar surface area (TPSA) is 117 Å². The number of methoxy groups -OCH3 is 4. The number of para-hydroxylation sites is 1. The number of hydrogen-bond acceptors (Lipinski definition) is 9. The number of Topliss-reactive ketones (excluding diaryl/α,β-unsaturated/α-hetero) is 1. The van der Waals surface area contributed by atoms with Crippen LogP contribution in [0.2, 0.25) is 0 Å². The summed E-state index contributed by atoms with van der Waals surface area (Å²) in [6, 6.07) is 15.1. The monoisotopic (exact) mass is 520 g/mol. The van der Waals surface area contributed by atoms with E-state index in [0.717, 1.165) is 11.7 Å². The molecule has 4 aromatic rings.